The Morgan fingerprint density at radius 2 is 1.90 bits per heavy atom. The maximum atomic E-state index is 12.4. The highest BCUT2D eigenvalue weighted by Gasteiger charge is 2.42. The Hall–Kier alpha value is -0.940. The molecule has 0 bridgehead atoms. The predicted octanol–water partition coefficient (Wildman–Crippen LogP) is 4.26. The van der Waals surface area contributed by atoms with Crippen LogP contribution in [0.4, 0.5) is 13.2 Å². The van der Waals surface area contributed by atoms with Gasteiger partial charge in [-0.15, -0.1) is 11.6 Å². The second-order valence-electron chi connectivity index (χ2n) is 4.77. The molecule has 1 aromatic rings. The molecule has 1 saturated carbocycles. The van der Waals surface area contributed by atoms with Gasteiger partial charge in [0.15, 0.2) is 0 Å². The molecular formula is C14H16ClF3O2. The van der Waals surface area contributed by atoms with E-state index in [2.05, 4.69) is 0 Å². The molecule has 0 N–H and O–H groups in total. The first-order chi connectivity index (χ1) is 9.41. The van der Waals surface area contributed by atoms with Crippen LogP contribution in [0.5, 0.6) is 5.75 Å². The summed E-state index contributed by atoms with van der Waals surface area (Å²) in [5, 5.41) is -0.0963. The van der Waals surface area contributed by atoms with Crippen molar-refractivity contribution in [3.05, 3.63) is 29.8 Å². The number of benzene rings is 1. The fraction of sp³-hybridized carbons (Fsp3) is 0.571. The number of hydrogen-bond acceptors (Lipinski definition) is 2. The second kappa shape index (κ2) is 6.22. The van der Waals surface area contributed by atoms with Crippen molar-refractivity contribution in [2.75, 3.05) is 6.61 Å². The maximum Gasteiger partial charge on any atom is 0.416 e. The zero-order chi connectivity index (χ0) is 14.8. The first kappa shape index (κ1) is 15.4. The van der Waals surface area contributed by atoms with Crippen molar-refractivity contribution in [2.45, 2.75) is 43.5 Å². The lowest BCUT2D eigenvalue weighted by molar-refractivity contribution is -0.137. The molecule has 3 atom stereocenters. The van der Waals surface area contributed by atoms with Gasteiger partial charge in [-0.05, 0) is 30.7 Å². The number of halogens is 4. The molecular weight excluding hydrogens is 293 g/mol. The molecule has 0 spiro atoms. The second-order valence-corrected chi connectivity index (χ2v) is 5.33. The van der Waals surface area contributed by atoms with Crippen LogP contribution >= 0.6 is 11.6 Å². The fourth-order valence-corrected chi connectivity index (χ4v) is 2.42. The molecule has 0 radical (unpaired) electrons. The molecule has 1 aliphatic carbocycles. The Bertz CT molecular complexity index is 433. The summed E-state index contributed by atoms with van der Waals surface area (Å²) in [5.74, 6) is 0.400. The molecule has 1 aromatic carbocycles. The van der Waals surface area contributed by atoms with Crippen LogP contribution in [0.25, 0.3) is 0 Å². The van der Waals surface area contributed by atoms with Crippen LogP contribution in [-0.2, 0) is 10.9 Å². The van der Waals surface area contributed by atoms with Crippen molar-refractivity contribution in [1.82, 2.24) is 0 Å². The molecule has 1 aliphatic rings. The van der Waals surface area contributed by atoms with Crippen LogP contribution in [0.1, 0.15) is 25.3 Å². The van der Waals surface area contributed by atoms with Crippen molar-refractivity contribution in [1.29, 1.82) is 0 Å². The highest BCUT2D eigenvalue weighted by atomic mass is 35.5. The summed E-state index contributed by atoms with van der Waals surface area (Å²) in [6.45, 7) is 2.59. The molecule has 2 rings (SSSR count). The van der Waals surface area contributed by atoms with Gasteiger partial charge in [-0.2, -0.15) is 13.2 Å². The van der Waals surface area contributed by atoms with E-state index in [-0.39, 0.29) is 17.6 Å². The van der Waals surface area contributed by atoms with E-state index < -0.39 is 11.7 Å². The van der Waals surface area contributed by atoms with Crippen LogP contribution in [0.15, 0.2) is 24.3 Å². The van der Waals surface area contributed by atoms with Gasteiger partial charge in [-0.3, -0.25) is 0 Å². The maximum absolute atomic E-state index is 12.4. The monoisotopic (exact) mass is 308 g/mol. The van der Waals surface area contributed by atoms with Gasteiger partial charge in [0.1, 0.15) is 18.0 Å². The molecule has 6 heteroatoms. The van der Waals surface area contributed by atoms with E-state index in [0.29, 0.717) is 18.8 Å². The Morgan fingerprint density at radius 3 is 2.40 bits per heavy atom. The first-order valence-electron chi connectivity index (χ1n) is 6.51. The Morgan fingerprint density at radius 1 is 1.25 bits per heavy atom. The molecule has 0 amide bonds. The standard InChI is InChI=1S/C14H16ClF3O2/c1-2-7-19-13-11(15)8-12(13)20-10-5-3-9(4-6-10)14(16,17)18/h3-6,11-13H,2,7-8H2,1H3. The van der Waals surface area contributed by atoms with Crippen LogP contribution in [0.3, 0.4) is 0 Å². The summed E-state index contributed by atoms with van der Waals surface area (Å²) in [5.41, 5.74) is -0.688. The topological polar surface area (TPSA) is 18.5 Å². The molecule has 0 aliphatic heterocycles. The highest BCUT2D eigenvalue weighted by molar-refractivity contribution is 6.21. The van der Waals surface area contributed by atoms with Crippen molar-refractivity contribution in [3.63, 3.8) is 0 Å². The van der Waals surface area contributed by atoms with E-state index >= 15 is 0 Å². The first-order valence-corrected chi connectivity index (χ1v) is 6.95. The Balaban J connectivity index is 1.93. The Labute approximate surface area is 120 Å². The van der Waals surface area contributed by atoms with E-state index in [9.17, 15) is 13.2 Å². The lowest BCUT2D eigenvalue weighted by atomic mass is 9.91. The molecule has 112 valence electrons. The minimum Gasteiger partial charge on any atom is -0.488 e. The van der Waals surface area contributed by atoms with Gasteiger partial charge in [0, 0.05) is 13.0 Å². The van der Waals surface area contributed by atoms with E-state index in [0.717, 1.165) is 18.6 Å². The summed E-state index contributed by atoms with van der Waals surface area (Å²) >= 11 is 6.04. The van der Waals surface area contributed by atoms with Crippen molar-refractivity contribution in [2.24, 2.45) is 0 Å². The third-order valence-corrected chi connectivity index (χ3v) is 3.59. The van der Waals surface area contributed by atoms with Gasteiger partial charge in [-0.1, -0.05) is 6.92 Å². The normalized spacial score (nSPS) is 26.1. The van der Waals surface area contributed by atoms with Crippen LogP contribution in [0, 0.1) is 0 Å². The van der Waals surface area contributed by atoms with E-state index in [4.69, 9.17) is 21.1 Å². The average molecular weight is 309 g/mol. The number of hydrogen-bond donors (Lipinski definition) is 0. The van der Waals surface area contributed by atoms with E-state index in [1.165, 1.54) is 12.1 Å². The van der Waals surface area contributed by atoms with Gasteiger partial charge in [0.2, 0.25) is 0 Å². The molecule has 3 unspecified atom stereocenters. The zero-order valence-corrected chi connectivity index (χ0v) is 11.7. The SMILES string of the molecule is CCCOC1C(Cl)CC1Oc1ccc(C(F)(F)F)cc1. The fourth-order valence-electron chi connectivity index (χ4n) is 2.01. The minimum absolute atomic E-state index is 0.0963. The summed E-state index contributed by atoms with van der Waals surface area (Å²) in [6.07, 6.45) is -3.20. The van der Waals surface area contributed by atoms with Crippen LogP contribution in [0.2, 0.25) is 0 Å². The molecule has 0 aromatic heterocycles. The highest BCUT2D eigenvalue weighted by Crippen LogP contribution is 2.34. The van der Waals surface area contributed by atoms with Gasteiger partial charge in [0.05, 0.1) is 10.9 Å². The molecule has 0 heterocycles. The summed E-state index contributed by atoms with van der Waals surface area (Å²) in [6, 6.07) is 4.66. The smallest absolute Gasteiger partial charge is 0.416 e. The van der Waals surface area contributed by atoms with Crippen molar-refractivity contribution < 1.29 is 22.6 Å². The molecule has 0 saturated heterocycles. The van der Waals surface area contributed by atoms with Crippen LogP contribution in [-0.4, -0.2) is 24.2 Å². The van der Waals surface area contributed by atoms with Gasteiger partial charge in [0.25, 0.3) is 0 Å². The zero-order valence-electron chi connectivity index (χ0n) is 11.0. The third-order valence-electron chi connectivity index (χ3n) is 3.16. The van der Waals surface area contributed by atoms with Crippen molar-refractivity contribution >= 4 is 11.6 Å². The predicted molar refractivity (Wildman–Crippen MR) is 70.1 cm³/mol. The minimum atomic E-state index is -4.33. The van der Waals surface area contributed by atoms with Gasteiger partial charge in [-0.25, -0.2) is 0 Å². The van der Waals surface area contributed by atoms with Gasteiger partial charge >= 0.3 is 6.18 Å². The largest absolute Gasteiger partial charge is 0.488 e. The number of rotatable bonds is 5. The molecule has 1 fully saturated rings. The number of ether oxygens (including phenoxy) is 2. The summed E-state index contributed by atoms with van der Waals surface area (Å²) in [7, 11) is 0. The average Bonchev–Trinajstić information content (AvgIpc) is 2.38. The van der Waals surface area contributed by atoms with Crippen LogP contribution < -0.4 is 4.74 Å². The quantitative estimate of drug-likeness (QED) is 0.757. The van der Waals surface area contributed by atoms with E-state index in [1.54, 1.807) is 0 Å². The molecule has 20 heavy (non-hydrogen) atoms. The Kier molecular flexibility index (Phi) is 4.81. The lowest BCUT2D eigenvalue weighted by Gasteiger charge is -2.40. The summed E-state index contributed by atoms with van der Waals surface area (Å²) < 4.78 is 48.5. The lowest BCUT2D eigenvalue weighted by Crippen LogP contribution is -2.52. The van der Waals surface area contributed by atoms with E-state index in [1.807, 2.05) is 6.92 Å². The summed E-state index contributed by atoms with van der Waals surface area (Å²) in [4.78, 5) is 0. The number of alkyl halides is 4. The molecule has 2 nitrogen and oxygen atoms in total. The third kappa shape index (κ3) is 3.58. The van der Waals surface area contributed by atoms with Crippen molar-refractivity contribution in [3.8, 4) is 5.75 Å². The van der Waals surface area contributed by atoms with Gasteiger partial charge < -0.3 is 9.47 Å².